The Kier molecular flexibility index (Phi) is 4.48. The molecule has 5 rings (SSSR count). The van der Waals surface area contributed by atoms with Crippen molar-refractivity contribution in [3.63, 3.8) is 0 Å². The molecule has 0 spiro atoms. The highest BCUT2D eigenvalue weighted by Gasteiger charge is 2.30. The number of ether oxygens (including phenoxy) is 1. The number of carbonyl (C=O) groups excluding carboxylic acids is 1. The topological polar surface area (TPSA) is 69.0 Å². The van der Waals surface area contributed by atoms with E-state index in [0.717, 1.165) is 28.3 Å². The number of hydrogen-bond donors (Lipinski definition) is 0. The molecule has 1 atom stereocenters. The van der Waals surface area contributed by atoms with Crippen LogP contribution in [-0.4, -0.2) is 45.6 Å². The van der Waals surface area contributed by atoms with Gasteiger partial charge in [-0.25, -0.2) is 4.68 Å². The normalized spacial score (nSPS) is 17.8. The Morgan fingerprint density at radius 2 is 1.97 bits per heavy atom. The number of carbonyl (C=O) groups is 1. The number of hydrogen-bond acceptors (Lipinski definition) is 5. The first kappa shape index (κ1) is 17.5. The van der Waals surface area contributed by atoms with Gasteiger partial charge in [0, 0.05) is 30.9 Å². The van der Waals surface area contributed by atoms with Crippen LogP contribution < -0.4 is 4.74 Å². The summed E-state index contributed by atoms with van der Waals surface area (Å²) in [6, 6.07) is 17.3. The van der Waals surface area contributed by atoms with E-state index in [9.17, 15) is 4.79 Å². The van der Waals surface area contributed by atoms with E-state index in [1.54, 1.807) is 10.9 Å². The predicted octanol–water partition coefficient (Wildman–Crippen LogP) is 3.05. The second-order valence-corrected chi connectivity index (χ2v) is 7.14. The highest BCUT2D eigenvalue weighted by atomic mass is 16.7. The fraction of sp³-hybridized carbons (Fsp3) is 0.227. The van der Waals surface area contributed by atoms with E-state index in [1.165, 1.54) is 0 Å². The van der Waals surface area contributed by atoms with Crippen molar-refractivity contribution in [2.45, 2.75) is 19.1 Å². The van der Waals surface area contributed by atoms with Crippen molar-refractivity contribution in [1.82, 2.24) is 14.7 Å². The van der Waals surface area contributed by atoms with Gasteiger partial charge < -0.3 is 14.5 Å². The number of aromatic nitrogens is 2. The Labute approximate surface area is 168 Å². The first-order chi connectivity index (χ1) is 14.3. The Bertz CT molecular complexity index is 1060. The van der Waals surface area contributed by atoms with Gasteiger partial charge in [0.1, 0.15) is 18.0 Å². The Morgan fingerprint density at radius 3 is 2.83 bits per heavy atom. The average molecular weight is 388 g/mol. The molecule has 0 fully saturated rings. The van der Waals surface area contributed by atoms with Gasteiger partial charge in [-0.1, -0.05) is 35.5 Å². The van der Waals surface area contributed by atoms with Crippen LogP contribution in [0.1, 0.15) is 22.3 Å². The molecular formula is C22H20N4O3. The van der Waals surface area contributed by atoms with E-state index in [1.807, 2.05) is 65.7 Å². The van der Waals surface area contributed by atoms with E-state index in [2.05, 4.69) is 10.3 Å². The van der Waals surface area contributed by atoms with Crippen LogP contribution >= 0.6 is 0 Å². The molecule has 7 heteroatoms. The van der Waals surface area contributed by atoms with Crippen molar-refractivity contribution in [1.29, 1.82) is 0 Å². The molecule has 7 nitrogen and oxygen atoms in total. The van der Waals surface area contributed by atoms with Crippen molar-refractivity contribution in [3.05, 3.63) is 78.1 Å². The fourth-order valence-corrected chi connectivity index (χ4v) is 3.69. The molecule has 2 aliphatic heterocycles. The van der Waals surface area contributed by atoms with Gasteiger partial charge >= 0.3 is 0 Å². The first-order valence-electron chi connectivity index (χ1n) is 9.58. The first-order valence-corrected chi connectivity index (χ1v) is 9.58. The van der Waals surface area contributed by atoms with Gasteiger partial charge in [-0.2, -0.15) is 5.10 Å². The van der Waals surface area contributed by atoms with Gasteiger partial charge in [-0.3, -0.25) is 4.79 Å². The molecule has 1 unspecified atom stereocenters. The Hall–Kier alpha value is -3.61. The molecule has 29 heavy (non-hydrogen) atoms. The number of para-hydroxylation sites is 2. The summed E-state index contributed by atoms with van der Waals surface area (Å²) in [5.41, 5.74) is 3.58. The molecule has 3 heterocycles. The molecule has 2 aliphatic rings. The molecule has 0 bridgehead atoms. The average Bonchev–Trinajstić information content (AvgIpc) is 3.49. The summed E-state index contributed by atoms with van der Waals surface area (Å²) in [5.74, 6) is 0.787. The van der Waals surface area contributed by atoms with E-state index >= 15 is 0 Å². The molecule has 0 saturated heterocycles. The lowest BCUT2D eigenvalue weighted by Gasteiger charge is -2.15. The molecule has 146 valence electrons. The second kappa shape index (κ2) is 7.43. The van der Waals surface area contributed by atoms with Crippen LogP contribution in [0.25, 0.3) is 5.69 Å². The fourth-order valence-electron chi connectivity index (χ4n) is 3.69. The molecular weight excluding hydrogens is 368 g/mol. The van der Waals surface area contributed by atoms with Gasteiger partial charge in [-0.15, -0.1) is 0 Å². The number of oxime groups is 1. The summed E-state index contributed by atoms with van der Waals surface area (Å²) in [4.78, 5) is 19.9. The third-order valence-electron chi connectivity index (χ3n) is 5.10. The molecule has 1 amide bonds. The zero-order chi connectivity index (χ0) is 19.6. The zero-order valence-corrected chi connectivity index (χ0v) is 15.8. The second-order valence-electron chi connectivity index (χ2n) is 7.14. The van der Waals surface area contributed by atoms with Gasteiger partial charge in [0.25, 0.3) is 5.91 Å². The van der Waals surface area contributed by atoms with Crippen LogP contribution in [0.3, 0.4) is 0 Å². The molecule has 2 aromatic carbocycles. The highest BCUT2D eigenvalue weighted by Crippen LogP contribution is 2.25. The van der Waals surface area contributed by atoms with Gasteiger partial charge in [0.15, 0.2) is 6.10 Å². The van der Waals surface area contributed by atoms with Crippen LogP contribution in [0.5, 0.6) is 5.75 Å². The summed E-state index contributed by atoms with van der Waals surface area (Å²) in [5, 5.41) is 8.45. The molecule has 0 radical (unpaired) electrons. The summed E-state index contributed by atoms with van der Waals surface area (Å²) < 4.78 is 7.76. The zero-order valence-electron chi connectivity index (χ0n) is 15.8. The summed E-state index contributed by atoms with van der Waals surface area (Å²) in [6.45, 7) is 1.47. The van der Waals surface area contributed by atoms with E-state index < -0.39 is 0 Å². The van der Waals surface area contributed by atoms with Crippen LogP contribution in [0.15, 0.2) is 72.1 Å². The van der Waals surface area contributed by atoms with Gasteiger partial charge in [0.2, 0.25) is 0 Å². The minimum atomic E-state index is -0.171. The smallest absolute Gasteiger partial charge is 0.254 e. The van der Waals surface area contributed by atoms with Crippen LogP contribution in [0.4, 0.5) is 0 Å². The van der Waals surface area contributed by atoms with Crippen molar-refractivity contribution in [2.75, 3.05) is 13.2 Å². The Balaban J connectivity index is 1.17. The maximum absolute atomic E-state index is 12.5. The highest BCUT2D eigenvalue weighted by molar-refractivity contribution is 6.01. The maximum Gasteiger partial charge on any atom is 0.254 e. The van der Waals surface area contributed by atoms with Gasteiger partial charge in [0.05, 0.1) is 12.3 Å². The van der Waals surface area contributed by atoms with Crippen molar-refractivity contribution in [3.8, 4) is 11.4 Å². The van der Waals surface area contributed by atoms with Crippen molar-refractivity contribution >= 4 is 11.6 Å². The van der Waals surface area contributed by atoms with Crippen LogP contribution in [0.2, 0.25) is 0 Å². The minimum Gasteiger partial charge on any atom is -0.487 e. The standard InChI is InChI=1S/C22H20N4O3/c27-22-19-7-2-1-6-16(19)13-25(22)14-17-12-18(29-24-17)15-28-21-9-4-3-8-20(21)26-11-5-10-23-26/h1-11,18H,12-15H2. The third kappa shape index (κ3) is 3.47. The molecule has 3 aromatic rings. The summed E-state index contributed by atoms with van der Waals surface area (Å²) in [7, 11) is 0. The summed E-state index contributed by atoms with van der Waals surface area (Å²) >= 11 is 0. The lowest BCUT2D eigenvalue weighted by molar-refractivity contribution is 0.0470. The molecule has 1 aromatic heterocycles. The Morgan fingerprint density at radius 1 is 1.10 bits per heavy atom. The van der Waals surface area contributed by atoms with E-state index in [0.29, 0.717) is 26.1 Å². The van der Waals surface area contributed by atoms with Gasteiger partial charge in [-0.05, 0) is 29.8 Å². The lowest BCUT2D eigenvalue weighted by atomic mass is 10.1. The molecule has 0 N–H and O–H groups in total. The number of benzene rings is 2. The minimum absolute atomic E-state index is 0.0520. The summed E-state index contributed by atoms with van der Waals surface area (Å²) in [6.07, 6.45) is 4.08. The van der Waals surface area contributed by atoms with Crippen molar-refractivity contribution < 1.29 is 14.4 Å². The monoisotopic (exact) mass is 388 g/mol. The number of rotatable bonds is 6. The molecule has 0 aliphatic carbocycles. The van der Waals surface area contributed by atoms with Crippen LogP contribution in [-0.2, 0) is 11.4 Å². The lowest BCUT2D eigenvalue weighted by Crippen LogP contribution is -2.30. The quantitative estimate of drug-likeness (QED) is 0.651. The molecule has 0 saturated carbocycles. The van der Waals surface area contributed by atoms with Crippen LogP contribution in [0, 0.1) is 0 Å². The van der Waals surface area contributed by atoms with E-state index in [-0.39, 0.29) is 12.0 Å². The largest absolute Gasteiger partial charge is 0.487 e. The maximum atomic E-state index is 12.5. The third-order valence-corrected chi connectivity index (χ3v) is 5.10. The SMILES string of the molecule is O=C1c2ccccc2CN1CC1=NOC(COc2ccccc2-n2cccn2)C1. The number of fused-ring (bicyclic) bond motifs is 1. The number of nitrogens with zero attached hydrogens (tertiary/aromatic N) is 4. The number of amides is 1. The van der Waals surface area contributed by atoms with Crippen molar-refractivity contribution in [2.24, 2.45) is 5.16 Å². The van der Waals surface area contributed by atoms with E-state index in [4.69, 9.17) is 9.57 Å². The predicted molar refractivity (Wildman–Crippen MR) is 107 cm³/mol.